The van der Waals surface area contributed by atoms with Crippen molar-refractivity contribution in [3.8, 4) is 5.75 Å². The number of nitrogens with one attached hydrogen (secondary N) is 1. The molecule has 0 spiro atoms. The van der Waals surface area contributed by atoms with Crippen molar-refractivity contribution in [2.75, 3.05) is 13.2 Å². The van der Waals surface area contributed by atoms with E-state index in [1.807, 2.05) is 0 Å². The summed E-state index contributed by atoms with van der Waals surface area (Å²) in [6.45, 7) is 5.77. The first kappa shape index (κ1) is 14.5. The summed E-state index contributed by atoms with van der Waals surface area (Å²) >= 11 is 3.21. The van der Waals surface area contributed by atoms with E-state index >= 15 is 0 Å². The molecule has 0 saturated carbocycles. The van der Waals surface area contributed by atoms with E-state index in [1.54, 1.807) is 12.1 Å². The van der Waals surface area contributed by atoms with Gasteiger partial charge in [-0.2, -0.15) is 0 Å². The molecule has 0 aromatic heterocycles. The van der Waals surface area contributed by atoms with Gasteiger partial charge < -0.3 is 10.1 Å². The van der Waals surface area contributed by atoms with Gasteiger partial charge in [0.2, 0.25) is 0 Å². The van der Waals surface area contributed by atoms with Crippen LogP contribution in [0.3, 0.4) is 0 Å². The topological polar surface area (TPSA) is 21.3 Å². The molecule has 0 fully saturated rings. The number of hydrogen-bond donors (Lipinski definition) is 1. The van der Waals surface area contributed by atoms with E-state index in [-0.39, 0.29) is 5.82 Å². The molecule has 0 amide bonds. The van der Waals surface area contributed by atoms with Crippen LogP contribution >= 0.6 is 15.9 Å². The van der Waals surface area contributed by atoms with Crippen molar-refractivity contribution in [3.63, 3.8) is 0 Å². The minimum Gasteiger partial charge on any atom is -0.491 e. The monoisotopic (exact) mass is 303 g/mol. The molecule has 1 aromatic rings. The van der Waals surface area contributed by atoms with Gasteiger partial charge in [0.05, 0.1) is 6.61 Å². The minimum absolute atomic E-state index is 0.320. The predicted molar refractivity (Wildman–Crippen MR) is 72.0 cm³/mol. The molecule has 0 unspecified atom stereocenters. The number of unbranched alkanes of at least 4 members (excludes halogenated alkanes) is 1. The Morgan fingerprint density at radius 2 is 2.12 bits per heavy atom. The van der Waals surface area contributed by atoms with Crippen molar-refractivity contribution < 1.29 is 9.13 Å². The third-order valence-electron chi connectivity index (χ3n) is 2.28. The number of ether oxygens (including phenoxy) is 1. The first-order valence-corrected chi connectivity index (χ1v) is 6.70. The Balaban J connectivity index is 2.18. The van der Waals surface area contributed by atoms with Crippen molar-refractivity contribution in [3.05, 3.63) is 28.5 Å². The van der Waals surface area contributed by atoms with Crippen LogP contribution in [0.4, 0.5) is 4.39 Å². The first-order valence-electron chi connectivity index (χ1n) is 5.91. The normalized spacial score (nSPS) is 10.9. The summed E-state index contributed by atoms with van der Waals surface area (Å²) in [5, 5.41) is 3.33. The van der Waals surface area contributed by atoms with Crippen LogP contribution in [0.1, 0.15) is 26.7 Å². The molecule has 0 heterocycles. The SMILES string of the molecule is CC(C)NCCCCOc1ccc(Br)cc1F. The molecule has 0 aliphatic heterocycles. The molecule has 0 aliphatic carbocycles. The lowest BCUT2D eigenvalue weighted by molar-refractivity contribution is 0.290. The molecule has 1 N–H and O–H groups in total. The summed E-state index contributed by atoms with van der Waals surface area (Å²) in [5.74, 6) is 0.00435. The highest BCUT2D eigenvalue weighted by Crippen LogP contribution is 2.21. The van der Waals surface area contributed by atoms with Crippen molar-refractivity contribution in [1.82, 2.24) is 5.32 Å². The largest absolute Gasteiger partial charge is 0.491 e. The minimum atomic E-state index is -0.320. The van der Waals surface area contributed by atoms with Crippen molar-refractivity contribution in [2.24, 2.45) is 0 Å². The summed E-state index contributed by atoms with van der Waals surface area (Å²) in [4.78, 5) is 0. The fourth-order valence-electron chi connectivity index (χ4n) is 1.39. The summed E-state index contributed by atoms with van der Waals surface area (Å²) < 4.78 is 19.5. The smallest absolute Gasteiger partial charge is 0.166 e. The average molecular weight is 304 g/mol. The fourth-order valence-corrected chi connectivity index (χ4v) is 1.73. The van der Waals surface area contributed by atoms with Crippen LogP contribution in [0.5, 0.6) is 5.75 Å². The van der Waals surface area contributed by atoms with E-state index < -0.39 is 0 Å². The molecule has 0 radical (unpaired) electrons. The molecule has 96 valence electrons. The fraction of sp³-hybridized carbons (Fsp3) is 0.538. The molecule has 0 saturated heterocycles. The van der Waals surface area contributed by atoms with Crippen LogP contribution in [0.15, 0.2) is 22.7 Å². The number of rotatable bonds is 7. The zero-order valence-electron chi connectivity index (χ0n) is 10.3. The molecule has 0 atom stereocenters. The van der Waals surface area contributed by atoms with Gasteiger partial charge in [0, 0.05) is 10.5 Å². The second-order valence-electron chi connectivity index (χ2n) is 4.24. The zero-order valence-corrected chi connectivity index (χ0v) is 11.9. The summed E-state index contributed by atoms with van der Waals surface area (Å²) in [6, 6.07) is 5.35. The molecule has 4 heteroatoms. The molecular weight excluding hydrogens is 285 g/mol. The first-order chi connectivity index (χ1) is 8.09. The third kappa shape index (κ3) is 6.03. The summed E-state index contributed by atoms with van der Waals surface area (Å²) in [6.07, 6.45) is 1.96. The highest BCUT2D eigenvalue weighted by atomic mass is 79.9. The summed E-state index contributed by atoms with van der Waals surface area (Å²) in [7, 11) is 0. The summed E-state index contributed by atoms with van der Waals surface area (Å²) in [5.41, 5.74) is 0. The number of halogens is 2. The van der Waals surface area contributed by atoms with Crippen LogP contribution in [-0.2, 0) is 0 Å². The molecule has 17 heavy (non-hydrogen) atoms. The second-order valence-corrected chi connectivity index (χ2v) is 5.15. The highest BCUT2D eigenvalue weighted by Gasteiger charge is 2.03. The molecule has 0 aliphatic rings. The maximum absolute atomic E-state index is 13.4. The molecule has 1 rings (SSSR count). The van der Waals surface area contributed by atoms with E-state index in [4.69, 9.17) is 4.74 Å². The molecule has 1 aromatic carbocycles. The van der Waals surface area contributed by atoms with Gasteiger partial charge in [-0.1, -0.05) is 29.8 Å². The van der Waals surface area contributed by atoms with Crippen LogP contribution < -0.4 is 10.1 Å². The molecule has 0 bridgehead atoms. The van der Waals surface area contributed by atoms with Crippen molar-refractivity contribution >= 4 is 15.9 Å². The molecule has 2 nitrogen and oxygen atoms in total. The Hall–Kier alpha value is -0.610. The lowest BCUT2D eigenvalue weighted by atomic mass is 10.3. The van der Waals surface area contributed by atoms with E-state index in [2.05, 4.69) is 35.1 Å². The van der Waals surface area contributed by atoms with Crippen molar-refractivity contribution in [1.29, 1.82) is 0 Å². The van der Waals surface area contributed by atoms with Gasteiger partial charge in [0.15, 0.2) is 11.6 Å². The van der Waals surface area contributed by atoms with E-state index in [1.165, 1.54) is 6.07 Å². The lowest BCUT2D eigenvalue weighted by Crippen LogP contribution is -2.23. The quantitative estimate of drug-likeness (QED) is 0.775. The van der Waals surface area contributed by atoms with E-state index in [0.29, 0.717) is 18.4 Å². The van der Waals surface area contributed by atoms with Gasteiger partial charge >= 0.3 is 0 Å². The Morgan fingerprint density at radius 1 is 1.35 bits per heavy atom. The predicted octanol–water partition coefficient (Wildman–Crippen LogP) is 3.75. The number of hydrogen-bond acceptors (Lipinski definition) is 2. The van der Waals surface area contributed by atoms with Gasteiger partial charge in [-0.05, 0) is 37.6 Å². The van der Waals surface area contributed by atoms with Crippen LogP contribution in [0, 0.1) is 5.82 Å². The zero-order chi connectivity index (χ0) is 12.7. The van der Waals surface area contributed by atoms with Gasteiger partial charge in [-0.25, -0.2) is 4.39 Å². The van der Waals surface area contributed by atoms with E-state index in [0.717, 1.165) is 23.9 Å². The average Bonchev–Trinajstić information content (AvgIpc) is 2.25. The van der Waals surface area contributed by atoms with Gasteiger partial charge in [0.25, 0.3) is 0 Å². The second kappa shape index (κ2) is 7.67. The Labute approximate surface area is 111 Å². The standard InChI is InChI=1S/C13H19BrFNO/c1-10(2)16-7-3-4-8-17-13-6-5-11(14)9-12(13)15/h5-6,9-10,16H,3-4,7-8H2,1-2H3. The van der Waals surface area contributed by atoms with E-state index in [9.17, 15) is 4.39 Å². The van der Waals surface area contributed by atoms with Crippen LogP contribution in [0.2, 0.25) is 0 Å². The maximum Gasteiger partial charge on any atom is 0.166 e. The van der Waals surface area contributed by atoms with Gasteiger partial charge in [-0.15, -0.1) is 0 Å². The third-order valence-corrected chi connectivity index (χ3v) is 2.77. The highest BCUT2D eigenvalue weighted by molar-refractivity contribution is 9.10. The molecular formula is C13H19BrFNO. The van der Waals surface area contributed by atoms with Gasteiger partial charge in [0.1, 0.15) is 0 Å². The lowest BCUT2D eigenvalue weighted by Gasteiger charge is -2.09. The van der Waals surface area contributed by atoms with Crippen LogP contribution in [0.25, 0.3) is 0 Å². The Bertz CT molecular complexity index is 344. The Kier molecular flexibility index (Phi) is 6.52. The maximum atomic E-state index is 13.4. The Morgan fingerprint density at radius 3 is 2.76 bits per heavy atom. The van der Waals surface area contributed by atoms with Gasteiger partial charge in [-0.3, -0.25) is 0 Å². The van der Waals surface area contributed by atoms with Crippen molar-refractivity contribution in [2.45, 2.75) is 32.7 Å². The number of benzene rings is 1. The van der Waals surface area contributed by atoms with Crippen LogP contribution in [-0.4, -0.2) is 19.2 Å².